The third-order valence-electron chi connectivity index (χ3n) is 5.23. The fourth-order valence-electron chi connectivity index (χ4n) is 3.68. The predicted octanol–water partition coefficient (Wildman–Crippen LogP) is 5.33. The van der Waals surface area contributed by atoms with Gasteiger partial charge in [0, 0.05) is 17.0 Å². The molecule has 1 atom stereocenters. The molecule has 0 saturated heterocycles. The van der Waals surface area contributed by atoms with E-state index in [-0.39, 0.29) is 11.2 Å². The summed E-state index contributed by atoms with van der Waals surface area (Å²) in [5.74, 6) is 0.860. The summed E-state index contributed by atoms with van der Waals surface area (Å²) in [5, 5.41) is 14.7. The number of aryl methyl sites for hydroxylation is 1. The van der Waals surface area contributed by atoms with E-state index in [0.29, 0.717) is 11.2 Å². The molecule has 8 heteroatoms. The summed E-state index contributed by atoms with van der Waals surface area (Å²) < 4.78 is 2.23. The number of thiazole rings is 1. The normalized spacial score (nSPS) is 15.9. The van der Waals surface area contributed by atoms with Gasteiger partial charge in [0.1, 0.15) is 5.82 Å². The molecular formula is C21H25N5OS2. The molecule has 0 radical (unpaired) electrons. The van der Waals surface area contributed by atoms with Gasteiger partial charge in [0.15, 0.2) is 10.3 Å². The molecule has 0 aliphatic heterocycles. The lowest BCUT2D eigenvalue weighted by Crippen LogP contribution is -2.23. The Morgan fingerprint density at radius 2 is 1.97 bits per heavy atom. The van der Waals surface area contributed by atoms with E-state index in [1.165, 1.54) is 42.4 Å². The van der Waals surface area contributed by atoms with Gasteiger partial charge < -0.3 is 9.88 Å². The molecule has 2 heterocycles. The third-order valence-corrected chi connectivity index (χ3v) is 7.04. The van der Waals surface area contributed by atoms with Crippen LogP contribution in [-0.2, 0) is 4.79 Å². The van der Waals surface area contributed by atoms with E-state index in [0.717, 1.165) is 35.1 Å². The number of hydrogen-bond acceptors (Lipinski definition) is 6. The van der Waals surface area contributed by atoms with Crippen LogP contribution in [0.5, 0.6) is 0 Å². The lowest BCUT2D eigenvalue weighted by Gasteiger charge is -2.25. The Bertz CT molecular complexity index is 963. The van der Waals surface area contributed by atoms with E-state index < -0.39 is 0 Å². The summed E-state index contributed by atoms with van der Waals surface area (Å²) in [6.07, 6.45) is 6.12. The van der Waals surface area contributed by atoms with Crippen LogP contribution in [0.4, 0.5) is 5.13 Å². The van der Waals surface area contributed by atoms with Gasteiger partial charge in [-0.2, -0.15) is 0 Å². The van der Waals surface area contributed by atoms with Gasteiger partial charge in [-0.25, -0.2) is 4.98 Å². The largest absolute Gasteiger partial charge is 0.303 e. The maximum Gasteiger partial charge on any atom is 0.239 e. The summed E-state index contributed by atoms with van der Waals surface area (Å²) in [7, 11) is 0. The van der Waals surface area contributed by atoms with E-state index in [9.17, 15) is 4.79 Å². The molecule has 1 fully saturated rings. The molecule has 1 saturated carbocycles. The van der Waals surface area contributed by atoms with E-state index in [1.54, 1.807) is 0 Å². The van der Waals surface area contributed by atoms with E-state index in [4.69, 9.17) is 0 Å². The van der Waals surface area contributed by atoms with Gasteiger partial charge in [-0.3, -0.25) is 4.79 Å². The van der Waals surface area contributed by atoms with Crippen LogP contribution in [0.2, 0.25) is 0 Å². The Balaban J connectivity index is 1.41. The molecule has 1 unspecified atom stereocenters. The second kappa shape index (κ2) is 9.09. The summed E-state index contributed by atoms with van der Waals surface area (Å²) in [6, 6.07) is 10.4. The number of benzene rings is 1. The number of carbonyl (C=O) groups is 1. The maximum absolute atomic E-state index is 12.7. The zero-order chi connectivity index (χ0) is 20.2. The number of aromatic nitrogens is 4. The Hall–Kier alpha value is -2.19. The molecule has 3 aromatic rings. The molecule has 1 N–H and O–H groups in total. The van der Waals surface area contributed by atoms with Gasteiger partial charge in [-0.15, -0.1) is 21.5 Å². The fourth-order valence-corrected chi connectivity index (χ4v) is 5.37. The van der Waals surface area contributed by atoms with Crippen molar-refractivity contribution in [2.24, 2.45) is 0 Å². The molecule has 4 rings (SSSR count). The monoisotopic (exact) mass is 427 g/mol. The zero-order valence-corrected chi connectivity index (χ0v) is 18.3. The molecule has 1 aliphatic rings. The van der Waals surface area contributed by atoms with Gasteiger partial charge >= 0.3 is 0 Å². The van der Waals surface area contributed by atoms with Crippen molar-refractivity contribution in [1.29, 1.82) is 0 Å². The van der Waals surface area contributed by atoms with Crippen molar-refractivity contribution in [3.8, 4) is 11.3 Å². The minimum Gasteiger partial charge on any atom is -0.303 e. The van der Waals surface area contributed by atoms with Gasteiger partial charge in [0.25, 0.3) is 0 Å². The number of rotatable bonds is 6. The SMILES string of the molecule is Cc1nnc(SC(C)C(=O)Nc2nc(-c3ccccc3)cs2)n1C1CCCCC1. The number of anilines is 1. The summed E-state index contributed by atoms with van der Waals surface area (Å²) in [4.78, 5) is 17.3. The standard InChI is InChI=1S/C21H25N5OS2/c1-14(29-21-25-24-15(2)26(21)17-11-7-4-8-12-17)19(27)23-20-22-18(13-28-20)16-9-5-3-6-10-16/h3,5-6,9-10,13-14,17H,4,7-8,11-12H2,1-2H3,(H,22,23,27). The number of nitrogens with one attached hydrogen (secondary N) is 1. The molecule has 6 nitrogen and oxygen atoms in total. The quantitative estimate of drug-likeness (QED) is 0.538. The van der Waals surface area contributed by atoms with Gasteiger partial charge in [0.05, 0.1) is 10.9 Å². The van der Waals surface area contributed by atoms with Crippen molar-refractivity contribution in [2.75, 3.05) is 5.32 Å². The van der Waals surface area contributed by atoms with Crippen LogP contribution >= 0.6 is 23.1 Å². The second-order valence-corrected chi connectivity index (χ2v) is 9.51. The number of hydrogen-bond donors (Lipinski definition) is 1. The molecule has 2 aromatic heterocycles. The van der Waals surface area contributed by atoms with Crippen molar-refractivity contribution < 1.29 is 4.79 Å². The van der Waals surface area contributed by atoms with Crippen LogP contribution < -0.4 is 5.32 Å². The van der Waals surface area contributed by atoms with Crippen LogP contribution in [0.15, 0.2) is 40.9 Å². The lowest BCUT2D eigenvalue weighted by atomic mass is 9.95. The smallest absolute Gasteiger partial charge is 0.239 e. The first-order chi connectivity index (χ1) is 14.1. The highest BCUT2D eigenvalue weighted by Crippen LogP contribution is 2.34. The van der Waals surface area contributed by atoms with Crippen LogP contribution in [0.25, 0.3) is 11.3 Å². The Labute approximate surface area is 179 Å². The highest BCUT2D eigenvalue weighted by molar-refractivity contribution is 8.00. The topological polar surface area (TPSA) is 72.7 Å². The maximum atomic E-state index is 12.7. The van der Waals surface area contributed by atoms with Gasteiger partial charge in [0.2, 0.25) is 5.91 Å². The fraction of sp³-hybridized carbons (Fsp3) is 0.429. The first-order valence-electron chi connectivity index (χ1n) is 10.0. The van der Waals surface area contributed by atoms with E-state index >= 15 is 0 Å². The number of amides is 1. The van der Waals surface area contributed by atoms with Crippen molar-refractivity contribution in [2.45, 2.75) is 62.4 Å². The molecule has 29 heavy (non-hydrogen) atoms. The average Bonchev–Trinajstić information content (AvgIpc) is 3.36. The first kappa shape index (κ1) is 20.1. The number of carbonyl (C=O) groups excluding carboxylic acids is 1. The summed E-state index contributed by atoms with van der Waals surface area (Å²) >= 11 is 2.91. The second-order valence-electron chi connectivity index (χ2n) is 7.34. The van der Waals surface area contributed by atoms with Crippen molar-refractivity contribution >= 4 is 34.1 Å². The molecule has 0 bridgehead atoms. The number of thioether (sulfide) groups is 1. The molecule has 1 aliphatic carbocycles. The first-order valence-corrected chi connectivity index (χ1v) is 11.8. The average molecular weight is 428 g/mol. The molecule has 1 amide bonds. The van der Waals surface area contributed by atoms with Crippen molar-refractivity contribution in [1.82, 2.24) is 19.7 Å². The van der Waals surface area contributed by atoms with E-state index in [1.807, 2.05) is 49.6 Å². The number of nitrogens with zero attached hydrogens (tertiary/aromatic N) is 4. The van der Waals surface area contributed by atoms with Crippen LogP contribution in [0, 0.1) is 6.92 Å². The zero-order valence-electron chi connectivity index (χ0n) is 16.7. The Morgan fingerprint density at radius 3 is 2.72 bits per heavy atom. The molecular weight excluding hydrogens is 402 g/mol. The Morgan fingerprint density at radius 1 is 1.21 bits per heavy atom. The van der Waals surface area contributed by atoms with Crippen LogP contribution in [0.1, 0.15) is 50.9 Å². The minimum absolute atomic E-state index is 0.0696. The van der Waals surface area contributed by atoms with Gasteiger partial charge in [-0.1, -0.05) is 61.4 Å². The predicted molar refractivity (Wildman–Crippen MR) is 118 cm³/mol. The molecule has 0 spiro atoms. The van der Waals surface area contributed by atoms with E-state index in [2.05, 4.69) is 25.1 Å². The van der Waals surface area contributed by atoms with Crippen molar-refractivity contribution in [3.63, 3.8) is 0 Å². The third kappa shape index (κ3) is 4.70. The van der Waals surface area contributed by atoms with Crippen molar-refractivity contribution in [3.05, 3.63) is 41.5 Å². The highest BCUT2D eigenvalue weighted by Gasteiger charge is 2.25. The van der Waals surface area contributed by atoms with Crippen LogP contribution in [0.3, 0.4) is 0 Å². The summed E-state index contributed by atoms with van der Waals surface area (Å²) in [6.45, 7) is 3.90. The van der Waals surface area contributed by atoms with Gasteiger partial charge in [-0.05, 0) is 26.7 Å². The lowest BCUT2D eigenvalue weighted by molar-refractivity contribution is -0.115. The minimum atomic E-state index is -0.287. The molecule has 152 valence electrons. The van der Waals surface area contributed by atoms with Crippen LogP contribution in [-0.4, -0.2) is 30.9 Å². The highest BCUT2D eigenvalue weighted by atomic mass is 32.2. The summed E-state index contributed by atoms with van der Waals surface area (Å²) in [5.41, 5.74) is 1.92. The molecule has 1 aromatic carbocycles. The Kier molecular flexibility index (Phi) is 6.30.